The SMILES string of the molecule is COC1(C)CCCN(c2ccc(CNC3CC3)c(C)n2)C1. The van der Waals surface area contributed by atoms with Crippen LogP contribution in [0.15, 0.2) is 12.1 Å². The van der Waals surface area contributed by atoms with Crippen molar-refractivity contribution in [2.24, 2.45) is 0 Å². The van der Waals surface area contributed by atoms with Crippen molar-refractivity contribution >= 4 is 5.82 Å². The zero-order chi connectivity index (χ0) is 14.9. The van der Waals surface area contributed by atoms with E-state index in [9.17, 15) is 0 Å². The Morgan fingerprint density at radius 3 is 2.90 bits per heavy atom. The third-order valence-electron chi connectivity index (χ3n) is 4.81. The minimum absolute atomic E-state index is 0.0416. The minimum atomic E-state index is -0.0416. The summed E-state index contributed by atoms with van der Waals surface area (Å²) in [6.45, 7) is 7.26. The predicted molar refractivity (Wildman–Crippen MR) is 85.7 cm³/mol. The first-order valence-corrected chi connectivity index (χ1v) is 8.10. The normalized spacial score (nSPS) is 26.1. The summed E-state index contributed by atoms with van der Waals surface area (Å²) >= 11 is 0. The number of nitrogens with one attached hydrogen (secondary N) is 1. The molecule has 116 valence electrons. The average Bonchev–Trinajstić information content (AvgIpc) is 3.30. The van der Waals surface area contributed by atoms with Gasteiger partial charge in [-0.3, -0.25) is 0 Å². The Labute approximate surface area is 127 Å². The van der Waals surface area contributed by atoms with E-state index in [-0.39, 0.29) is 5.60 Å². The van der Waals surface area contributed by atoms with Gasteiger partial charge < -0.3 is 15.0 Å². The van der Waals surface area contributed by atoms with Gasteiger partial charge in [0.15, 0.2) is 0 Å². The average molecular weight is 289 g/mol. The van der Waals surface area contributed by atoms with Gasteiger partial charge in [0.1, 0.15) is 5.82 Å². The number of aryl methyl sites for hydroxylation is 1. The van der Waals surface area contributed by atoms with Crippen molar-refractivity contribution < 1.29 is 4.74 Å². The van der Waals surface area contributed by atoms with E-state index in [1.165, 1.54) is 18.4 Å². The summed E-state index contributed by atoms with van der Waals surface area (Å²) in [5, 5.41) is 3.56. The molecular formula is C17H27N3O. The van der Waals surface area contributed by atoms with E-state index in [0.717, 1.165) is 50.0 Å². The number of pyridine rings is 1. The summed E-state index contributed by atoms with van der Waals surface area (Å²) in [6.07, 6.45) is 4.94. The molecule has 0 spiro atoms. The van der Waals surface area contributed by atoms with Crippen molar-refractivity contribution in [2.45, 2.75) is 57.7 Å². The lowest BCUT2D eigenvalue weighted by Gasteiger charge is -2.40. The second kappa shape index (κ2) is 5.93. The highest BCUT2D eigenvalue weighted by atomic mass is 16.5. The van der Waals surface area contributed by atoms with Gasteiger partial charge in [0.05, 0.1) is 5.60 Å². The van der Waals surface area contributed by atoms with Crippen LogP contribution in [0.4, 0.5) is 5.82 Å². The zero-order valence-corrected chi connectivity index (χ0v) is 13.5. The van der Waals surface area contributed by atoms with Crippen molar-refractivity contribution in [3.63, 3.8) is 0 Å². The van der Waals surface area contributed by atoms with Gasteiger partial charge in [-0.25, -0.2) is 4.98 Å². The topological polar surface area (TPSA) is 37.4 Å². The minimum Gasteiger partial charge on any atom is -0.377 e. The maximum atomic E-state index is 5.68. The Kier molecular flexibility index (Phi) is 4.18. The Hall–Kier alpha value is -1.13. The van der Waals surface area contributed by atoms with Crippen molar-refractivity contribution in [1.29, 1.82) is 0 Å². The molecule has 1 saturated carbocycles. The summed E-state index contributed by atoms with van der Waals surface area (Å²) in [4.78, 5) is 7.18. The molecule has 0 amide bonds. The number of hydrogen-bond acceptors (Lipinski definition) is 4. The molecule has 0 aromatic carbocycles. The van der Waals surface area contributed by atoms with Crippen LogP contribution in [-0.4, -0.2) is 36.8 Å². The molecule has 2 heterocycles. The van der Waals surface area contributed by atoms with Crippen LogP contribution in [0.2, 0.25) is 0 Å². The Morgan fingerprint density at radius 2 is 2.24 bits per heavy atom. The Balaban J connectivity index is 1.68. The number of piperidine rings is 1. The first kappa shape index (κ1) is 14.8. The summed E-state index contributed by atoms with van der Waals surface area (Å²) in [5.74, 6) is 1.09. The lowest BCUT2D eigenvalue weighted by Crippen LogP contribution is -2.47. The summed E-state index contributed by atoms with van der Waals surface area (Å²) < 4.78 is 5.68. The van der Waals surface area contributed by atoms with Crippen molar-refractivity contribution in [3.8, 4) is 0 Å². The van der Waals surface area contributed by atoms with Gasteiger partial charge in [-0.2, -0.15) is 0 Å². The smallest absolute Gasteiger partial charge is 0.128 e. The summed E-state index contributed by atoms with van der Waals surface area (Å²) in [6, 6.07) is 5.14. The van der Waals surface area contributed by atoms with Crippen LogP contribution < -0.4 is 10.2 Å². The number of hydrogen-bond donors (Lipinski definition) is 1. The monoisotopic (exact) mass is 289 g/mol. The van der Waals surface area contributed by atoms with E-state index in [2.05, 4.69) is 36.2 Å². The van der Waals surface area contributed by atoms with E-state index in [4.69, 9.17) is 9.72 Å². The molecular weight excluding hydrogens is 262 g/mol. The molecule has 1 aliphatic carbocycles. The maximum absolute atomic E-state index is 5.68. The van der Waals surface area contributed by atoms with Crippen molar-refractivity contribution in [1.82, 2.24) is 10.3 Å². The van der Waals surface area contributed by atoms with Crippen LogP contribution >= 0.6 is 0 Å². The van der Waals surface area contributed by atoms with Crippen LogP contribution in [0, 0.1) is 6.92 Å². The second-order valence-electron chi connectivity index (χ2n) is 6.75. The third kappa shape index (κ3) is 3.55. The van der Waals surface area contributed by atoms with Gasteiger partial charge in [0.25, 0.3) is 0 Å². The maximum Gasteiger partial charge on any atom is 0.128 e. The fourth-order valence-corrected chi connectivity index (χ4v) is 3.05. The van der Waals surface area contributed by atoms with E-state index < -0.39 is 0 Å². The van der Waals surface area contributed by atoms with Crippen LogP contribution in [0.5, 0.6) is 0 Å². The fourth-order valence-electron chi connectivity index (χ4n) is 3.05. The van der Waals surface area contributed by atoms with Crippen molar-refractivity contribution in [3.05, 3.63) is 23.4 Å². The Bertz CT molecular complexity index is 501. The molecule has 4 heteroatoms. The van der Waals surface area contributed by atoms with E-state index in [1.54, 1.807) is 0 Å². The van der Waals surface area contributed by atoms with Gasteiger partial charge in [0.2, 0.25) is 0 Å². The lowest BCUT2D eigenvalue weighted by atomic mass is 9.95. The predicted octanol–water partition coefficient (Wildman–Crippen LogP) is 2.65. The zero-order valence-electron chi connectivity index (χ0n) is 13.5. The van der Waals surface area contributed by atoms with Crippen LogP contribution in [0.3, 0.4) is 0 Å². The Morgan fingerprint density at radius 1 is 1.43 bits per heavy atom. The highest BCUT2D eigenvalue weighted by molar-refractivity contribution is 5.42. The number of ether oxygens (including phenoxy) is 1. The van der Waals surface area contributed by atoms with Crippen molar-refractivity contribution in [2.75, 3.05) is 25.1 Å². The molecule has 1 aliphatic heterocycles. The van der Waals surface area contributed by atoms with Gasteiger partial charge in [-0.15, -0.1) is 0 Å². The molecule has 1 saturated heterocycles. The van der Waals surface area contributed by atoms with Crippen LogP contribution in [0.1, 0.15) is 43.9 Å². The molecule has 1 atom stereocenters. The lowest BCUT2D eigenvalue weighted by molar-refractivity contribution is -0.00482. The molecule has 4 nitrogen and oxygen atoms in total. The fraction of sp³-hybridized carbons (Fsp3) is 0.706. The highest BCUT2D eigenvalue weighted by Crippen LogP contribution is 2.27. The molecule has 1 N–H and O–H groups in total. The summed E-state index contributed by atoms with van der Waals surface area (Å²) in [5.41, 5.74) is 2.42. The molecule has 0 radical (unpaired) electrons. The second-order valence-corrected chi connectivity index (χ2v) is 6.75. The molecule has 3 rings (SSSR count). The first-order valence-electron chi connectivity index (χ1n) is 8.10. The molecule has 1 aromatic rings. The van der Waals surface area contributed by atoms with Crippen LogP contribution in [-0.2, 0) is 11.3 Å². The number of anilines is 1. The quantitative estimate of drug-likeness (QED) is 0.904. The highest BCUT2D eigenvalue weighted by Gasteiger charge is 2.31. The van der Waals surface area contributed by atoms with E-state index >= 15 is 0 Å². The molecule has 2 aliphatic rings. The first-order chi connectivity index (χ1) is 10.1. The molecule has 0 bridgehead atoms. The largest absolute Gasteiger partial charge is 0.377 e. The van der Waals surface area contributed by atoms with Gasteiger partial charge in [0, 0.05) is 38.5 Å². The van der Waals surface area contributed by atoms with Gasteiger partial charge in [-0.1, -0.05) is 6.07 Å². The number of aromatic nitrogens is 1. The van der Waals surface area contributed by atoms with E-state index in [1.807, 2.05) is 7.11 Å². The molecule has 21 heavy (non-hydrogen) atoms. The summed E-state index contributed by atoms with van der Waals surface area (Å²) in [7, 11) is 1.81. The third-order valence-corrected chi connectivity index (χ3v) is 4.81. The standard InChI is InChI=1S/C17H27N3O/c1-13-14(11-18-15-6-7-15)5-8-16(19-13)20-10-4-9-17(2,12-20)21-3/h5,8,15,18H,4,6-7,9-12H2,1-3H3. The number of rotatable bonds is 5. The molecule has 2 fully saturated rings. The molecule has 1 aromatic heterocycles. The van der Waals surface area contributed by atoms with Gasteiger partial charge >= 0.3 is 0 Å². The number of nitrogens with zero attached hydrogens (tertiary/aromatic N) is 2. The van der Waals surface area contributed by atoms with Gasteiger partial charge in [-0.05, 0) is 51.2 Å². The molecule has 1 unspecified atom stereocenters. The van der Waals surface area contributed by atoms with Crippen LogP contribution in [0.25, 0.3) is 0 Å². The number of methoxy groups -OCH3 is 1. The van der Waals surface area contributed by atoms with E-state index in [0.29, 0.717) is 0 Å².